The van der Waals surface area contributed by atoms with E-state index in [9.17, 15) is 23.2 Å². The van der Waals surface area contributed by atoms with Crippen molar-refractivity contribution in [2.45, 2.75) is 18.6 Å². The molecule has 0 spiro atoms. The molecular weight excluding hydrogens is 391 g/mol. The van der Waals surface area contributed by atoms with Crippen molar-refractivity contribution in [3.63, 3.8) is 0 Å². The van der Waals surface area contributed by atoms with Crippen molar-refractivity contribution in [2.75, 3.05) is 13.7 Å². The van der Waals surface area contributed by atoms with Crippen molar-refractivity contribution in [1.29, 1.82) is 5.26 Å². The molecule has 1 aromatic carbocycles. The number of nitrogens with zero attached hydrogens (tertiary/aromatic N) is 4. The number of amidine groups is 1. The summed E-state index contributed by atoms with van der Waals surface area (Å²) in [5.74, 6) is -4.24. The fourth-order valence-corrected chi connectivity index (χ4v) is 3.15. The SMILES string of the molecule is CCOC(=O)C1(C(F)(F)F)C(C#N)C(N)=Nc2cc(-c3ccc(OC)cc3)nn21. The van der Waals surface area contributed by atoms with Crippen LogP contribution in [0.5, 0.6) is 5.75 Å². The predicted molar refractivity (Wildman–Crippen MR) is 95.3 cm³/mol. The van der Waals surface area contributed by atoms with Crippen LogP contribution >= 0.6 is 0 Å². The van der Waals surface area contributed by atoms with E-state index in [0.717, 1.165) is 0 Å². The number of halogens is 3. The van der Waals surface area contributed by atoms with Crippen molar-refractivity contribution in [2.24, 2.45) is 16.6 Å². The lowest BCUT2D eigenvalue weighted by atomic mass is 9.81. The normalized spacial score (nSPS) is 21.0. The largest absolute Gasteiger partial charge is 0.497 e. The van der Waals surface area contributed by atoms with Crippen LogP contribution in [-0.4, -0.2) is 41.5 Å². The molecule has 8 nitrogen and oxygen atoms in total. The maximum Gasteiger partial charge on any atom is 0.426 e. The Labute approximate surface area is 163 Å². The van der Waals surface area contributed by atoms with E-state index in [1.165, 1.54) is 26.2 Å². The number of methoxy groups -OCH3 is 1. The summed E-state index contributed by atoms with van der Waals surface area (Å²) in [5, 5.41) is 13.4. The second-order valence-corrected chi connectivity index (χ2v) is 6.11. The van der Waals surface area contributed by atoms with Gasteiger partial charge in [0.2, 0.25) is 0 Å². The van der Waals surface area contributed by atoms with Gasteiger partial charge in [-0.1, -0.05) is 0 Å². The van der Waals surface area contributed by atoms with Crippen LogP contribution in [0.25, 0.3) is 11.3 Å². The summed E-state index contributed by atoms with van der Waals surface area (Å²) in [5.41, 5.74) is 2.76. The van der Waals surface area contributed by atoms with E-state index >= 15 is 0 Å². The summed E-state index contributed by atoms with van der Waals surface area (Å²) in [6.07, 6.45) is -5.24. The maximum atomic E-state index is 14.3. The van der Waals surface area contributed by atoms with Crippen molar-refractivity contribution in [3.8, 4) is 23.1 Å². The number of carbonyl (C=O) groups excluding carboxylic acids is 1. The highest BCUT2D eigenvalue weighted by atomic mass is 19.4. The summed E-state index contributed by atoms with van der Waals surface area (Å²) in [6.45, 7) is 1.03. The predicted octanol–water partition coefficient (Wildman–Crippen LogP) is 2.52. The molecule has 2 aromatic rings. The number of benzene rings is 1. The quantitative estimate of drug-likeness (QED) is 0.779. The molecule has 1 aliphatic rings. The Bertz CT molecular complexity index is 1010. The third-order valence-corrected chi connectivity index (χ3v) is 4.52. The molecule has 11 heteroatoms. The Morgan fingerprint density at radius 2 is 2.03 bits per heavy atom. The fraction of sp³-hybridized carbons (Fsp3) is 0.333. The number of rotatable bonds is 4. The van der Waals surface area contributed by atoms with Crippen LogP contribution in [-0.2, 0) is 15.1 Å². The molecule has 2 N–H and O–H groups in total. The van der Waals surface area contributed by atoms with Crippen molar-refractivity contribution >= 4 is 17.6 Å². The maximum absolute atomic E-state index is 14.3. The second-order valence-electron chi connectivity index (χ2n) is 6.11. The van der Waals surface area contributed by atoms with Gasteiger partial charge in [-0.25, -0.2) is 14.5 Å². The van der Waals surface area contributed by atoms with Gasteiger partial charge in [-0.3, -0.25) is 0 Å². The lowest BCUT2D eigenvalue weighted by Crippen LogP contribution is -2.63. The second kappa shape index (κ2) is 7.12. The molecule has 0 bridgehead atoms. The van der Waals surface area contributed by atoms with Crippen LogP contribution in [0.1, 0.15) is 6.92 Å². The minimum absolute atomic E-state index is 0.107. The first-order chi connectivity index (χ1) is 13.7. The van der Waals surface area contributed by atoms with Crippen LogP contribution in [0, 0.1) is 17.2 Å². The molecule has 2 atom stereocenters. The topological polar surface area (TPSA) is 116 Å². The van der Waals surface area contributed by atoms with E-state index in [-0.39, 0.29) is 18.1 Å². The molecule has 0 amide bonds. The number of nitriles is 1. The van der Waals surface area contributed by atoms with Crippen molar-refractivity contribution in [3.05, 3.63) is 30.3 Å². The highest BCUT2D eigenvalue weighted by Gasteiger charge is 2.71. The van der Waals surface area contributed by atoms with E-state index < -0.39 is 29.4 Å². The van der Waals surface area contributed by atoms with E-state index in [1.807, 2.05) is 0 Å². The molecule has 0 saturated carbocycles. The minimum atomic E-state index is -5.24. The van der Waals surface area contributed by atoms with E-state index in [0.29, 0.717) is 16.0 Å². The van der Waals surface area contributed by atoms with Crippen LogP contribution < -0.4 is 10.5 Å². The monoisotopic (exact) mass is 407 g/mol. The molecule has 152 valence electrons. The lowest BCUT2D eigenvalue weighted by molar-refractivity contribution is -0.234. The van der Waals surface area contributed by atoms with Gasteiger partial charge in [0, 0.05) is 11.6 Å². The van der Waals surface area contributed by atoms with Gasteiger partial charge in [0.15, 0.2) is 5.82 Å². The number of hydrogen-bond donors (Lipinski definition) is 1. The minimum Gasteiger partial charge on any atom is -0.497 e. The molecule has 1 aliphatic heterocycles. The zero-order valence-corrected chi connectivity index (χ0v) is 15.4. The van der Waals surface area contributed by atoms with Gasteiger partial charge in [0.1, 0.15) is 17.5 Å². The van der Waals surface area contributed by atoms with E-state index in [2.05, 4.69) is 10.1 Å². The Morgan fingerprint density at radius 1 is 1.38 bits per heavy atom. The number of fused-ring (bicyclic) bond motifs is 1. The molecule has 2 heterocycles. The van der Waals surface area contributed by atoms with Gasteiger partial charge >= 0.3 is 12.1 Å². The number of aromatic nitrogens is 2. The summed E-state index contributed by atoms with van der Waals surface area (Å²) in [4.78, 5) is 16.5. The molecule has 0 aliphatic carbocycles. The van der Waals surface area contributed by atoms with E-state index in [1.54, 1.807) is 24.3 Å². The van der Waals surface area contributed by atoms with Gasteiger partial charge in [0.05, 0.1) is 25.5 Å². The summed E-state index contributed by atoms with van der Waals surface area (Å²) >= 11 is 0. The third kappa shape index (κ3) is 2.97. The summed E-state index contributed by atoms with van der Waals surface area (Å²) in [6, 6.07) is 9.07. The Kier molecular flexibility index (Phi) is 4.96. The van der Waals surface area contributed by atoms with Crippen LogP contribution in [0.3, 0.4) is 0 Å². The molecule has 29 heavy (non-hydrogen) atoms. The number of esters is 1. The Hall–Kier alpha value is -3.55. The first-order valence-corrected chi connectivity index (χ1v) is 8.43. The summed E-state index contributed by atoms with van der Waals surface area (Å²) in [7, 11) is 1.47. The number of nitrogens with two attached hydrogens (primary N) is 1. The molecule has 0 fully saturated rings. The first kappa shape index (κ1) is 20.2. The Balaban J connectivity index is 2.27. The van der Waals surface area contributed by atoms with Crippen LogP contribution in [0.2, 0.25) is 0 Å². The molecule has 3 rings (SSSR count). The third-order valence-electron chi connectivity index (χ3n) is 4.52. The highest BCUT2D eigenvalue weighted by Crippen LogP contribution is 2.48. The molecule has 0 radical (unpaired) electrons. The smallest absolute Gasteiger partial charge is 0.426 e. The molecule has 0 saturated heterocycles. The van der Waals surface area contributed by atoms with Crippen LogP contribution in [0.4, 0.5) is 19.0 Å². The van der Waals surface area contributed by atoms with Gasteiger partial charge < -0.3 is 15.2 Å². The molecular formula is C18H16F3N5O3. The molecule has 2 unspecified atom stereocenters. The number of hydrogen-bond acceptors (Lipinski definition) is 7. The number of alkyl halides is 3. The van der Waals surface area contributed by atoms with E-state index in [4.69, 9.17) is 15.2 Å². The zero-order valence-electron chi connectivity index (χ0n) is 15.4. The van der Waals surface area contributed by atoms with Crippen molar-refractivity contribution < 1.29 is 27.4 Å². The summed E-state index contributed by atoms with van der Waals surface area (Å²) < 4.78 is 53.1. The zero-order chi connectivity index (χ0) is 21.4. The van der Waals surface area contributed by atoms with Gasteiger partial charge in [0.25, 0.3) is 5.54 Å². The van der Waals surface area contributed by atoms with Gasteiger partial charge in [-0.05, 0) is 31.2 Å². The van der Waals surface area contributed by atoms with Gasteiger partial charge in [-0.2, -0.15) is 23.5 Å². The number of aliphatic imine (C=N–C) groups is 1. The average Bonchev–Trinajstić information content (AvgIpc) is 3.09. The standard InChI is InChI=1S/C18H16F3N5O3/c1-3-29-16(27)17(18(19,20)21)12(9-22)15(23)24-14-8-13(25-26(14)17)10-4-6-11(28-2)7-5-10/h4-8,12H,3H2,1-2H3,(H2,23,24). The van der Waals surface area contributed by atoms with Crippen molar-refractivity contribution in [1.82, 2.24) is 9.78 Å². The lowest BCUT2D eigenvalue weighted by Gasteiger charge is -2.38. The van der Waals surface area contributed by atoms with Gasteiger partial charge in [-0.15, -0.1) is 0 Å². The average molecular weight is 407 g/mol. The molecule has 1 aromatic heterocycles. The number of carbonyl (C=O) groups is 1. The van der Waals surface area contributed by atoms with Crippen LogP contribution in [0.15, 0.2) is 35.3 Å². The number of ether oxygens (including phenoxy) is 2. The fourth-order valence-electron chi connectivity index (χ4n) is 3.15. The Morgan fingerprint density at radius 3 is 2.55 bits per heavy atom. The first-order valence-electron chi connectivity index (χ1n) is 8.43. The highest BCUT2D eigenvalue weighted by molar-refractivity contribution is 5.97.